The lowest BCUT2D eigenvalue weighted by atomic mass is 10.0. The number of rotatable bonds is 3. The highest BCUT2D eigenvalue weighted by Crippen LogP contribution is 2.33. The van der Waals surface area contributed by atoms with Crippen LogP contribution in [0.15, 0.2) is 29.3 Å². The lowest BCUT2D eigenvalue weighted by Crippen LogP contribution is -2.43. The van der Waals surface area contributed by atoms with Crippen LogP contribution in [0, 0.1) is 0 Å². The summed E-state index contributed by atoms with van der Waals surface area (Å²) in [4.78, 5) is 17.4. The third-order valence-corrected chi connectivity index (χ3v) is 3.52. The number of ether oxygens (including phenoxy) is 1. The van der Waals surface area contributed by atoms with E-state index in [-0.39, 0.29) is 12.6 Å². The first-order chi connectivity index (χ1) is 10.9. The number of carbonyl (C=O) groups excluding carboxylic acids is 1. The van der Waals surface area contributed by atoms with E-state index in [2.05, 4.69) is 15.0 Å². The van der Waals surface area contributed by atoms with Crippen LogP contribution in [0.3, 0.4) is 0 Å². The van der Waals surface area contributed by atoms with Gasteiger partial charge in [0.1, 0.15) is 0 Å². The molecule has 23 heavy (non-hydrogen) atoms. The first-order valence-corrected chi connectivity index (χ1v) is 7.20. The Kier molecular flexibility index (Phi) is 5.12. The summed E-state index contributed by atoms with van der Waals surface area (Å²) < 4.78 is 43.2. The van der Waals surface area contributed by atoms with E-state index in [9.17, 15) is 18.0 Å². The Morgan fingerprint density at radius 1 is 1.48 bits per heavy atom. The zero-order chi connectivity index (χ0) is 17.0. The molecular formula is C15H18F3N3O2. The molecule has 2 rings (SSSR count). The highest BCUT2D eigenvalue weighted by Gasteiger charge is 2.34. The second-order valence-corrected chi connectivity index (χ2v) is 5.11. The van der Waals surface area contributed by atoms with Crippen LogP contribution in [-0.2, 0) is 10.9 Å². The van der Waals surface area contributed by atoms with E-state index in [1.54, 1.807) is 11.0 Å². The van der Waals surface area contributed by atoms with Crippen LogP contribution in [0.25, 0.3) is 0 Å². The third-order valence-electron chi connectivity index (χ3n) is 3.52. The average molecular weight is 329 g/mol. The Bertz CT molecular complexity index is 602. The minimum Gasteiger partial charge on any atom is -0.453 e. The van der Waals surface area contributed by atoms with Crippen LogP contribution >= 0.6 is 0 Å². The number of methoxy groups -OCH3 is 1. The van der Waals surface area contributed by atoms with Crippen molar-refractivity contribution in [1.82, 2.24) is 10.2 Å². The number of benzene rings is 1. The molecule has 0 bridgehead atoms. The van der Waals surface area contributed by atoms with Crippen LogP contribution < -0.4 is 5.32 Å². The molecule has 1 aliphatic heterocycles. The Hall–Kier alpha value is -2.25. The van der Waals surface area contributed by atoms with Crippen molar-refractivity contribution in [1.29, 1.82) is 0 Å². The van der Waals surface area contributed by atoms with Gasteiger partial charge in [-0.25, -0.2) is 4.79 Å². The summed E-state index contributed by atoms with van der Waals surface area (Å²) in [5.74, 6) is 0.320. The van der Waals surface area contributed by atoms with Crippen LogP contribution in [0.1, 0.15) is 30.5 Å². The summed E-state index contributed by atoms with van der Waals surface area (Å²) in [5.41, 5.74) is -0.181. The van der Waals surface area contributed by atoms with Gasteiger partial charge in [0.15, 0.2) is 0 Å². The van der Waals surface area contributed by atoms with E-state index >= 15 is 0 Å². The number of carbonyl (C=O) groups is 1. The van der Waals surface area contributed by atoms with Crippen LogP contribution in [-0.4, -0.2) is 37.2 Å². The maximum Gasteiger partial charge on any atom is 0.416 e. The molecule has 1 atom stereocenters. The van der Waals surface area contributed by atoms with E-state index < -0.39 is 17.8 Å². The first kappa shape index (κ1) is 17.1. The predicted molar refractivity (Wildman–Crippen MR) is 79.0 cm³/mol. The van der Waals surface area contributed by atoms with E-state index in [4.69, 9.17) is 0 Å². The van der Waals surface area contributed by atoms with Gasteiger partial charge in [-0.05, 0) is 24.1 Å². The summed E-state index contributed by atoms with van der Waals surface area (Å²) in [6.07, 6.45) is -4.29. The van der Waals surface area contributed by atoms with Gasteiger partial charge in [0.25, 0.3) is 0 Å². The maximum atomic E-state index is 12.9. The van der Waals surface area contributed by atoms with Crippen molar-refractivity contribution >= 4 is 12.1 Å². The number of aliphatic imine (C=N–C) groups is 1. The van der Waals surface area contributed by atoms with Gasteiger partial charge in [0.05, 0.1) is 25.3 Å². The van der Waals surface area contributed by atoms with Gasteiger partial charge < -0.3 is 9.64 Å². The van der Waals surface area contributed by atoms with Crippen molar-refractivity contribution in [2.24, 2.45) is 4.99 Å². The lowest BCUT2D eigenvalue weighted by molar-refractivity contribution is -0.137. The fraction of sp³-hybridized carbons (Fsp3) is 0.467. The largest absolute Gasteiger partial charge is 0.453 e. The molecular weight excluding hydrogens is 311 g/mol. The molecule has 1 aliphatic rings. The number of alkyl carbamates (subject to hydrolysis) is 1. The van der Waals surface area contributed by atoms with Gasteiger partial charge in [-0.2, -0.15) is 13.2 Å². The van der Waals surface area contributed by atoms with Crippen molar-refractivity contribution in [3.8, 4) is 0 Å². The zero-order valence-corrected chi connectivity index (χ0v) is 12.9. The summed E-state index contributed by atoms with van der Waals surface area (Å²) in [6, 6.07) is 4.85. The van der Waals surface area contributed by atoms with Gasteiger partial charge >= 0.3 is 12.3 Å². The molecule has 0 saturated heterocycles. The molecule has 126 valence electrons. The Labute approximate surface area is 132 Å². The summed E-state index contributed by atoms with van der Waals surface area (Å²) in [7, 11) is 1.24. The topological polar surface area (TPSA) is 53.9 Å². The Morgan fingerprint density at radius 2 is 2.22 bits per heavy atom. The summed E-state index contributed by atoms with van der Waals surface area (Å²) in [5, 5.41) is 2.50. The SMILES string of the molecule is CCCN1C(NC(=O)OC)=NCC1c1cccc(C(F)(F)F)c1. The van der Waals surface area contributed by atoms with Gasteiger partial charge in [-0.15, -0.1) is 0 Å². The average Bonchev–Trinajstić information content (AvgIpc) is 2.89. The molecule has 1 heterocycles. The van der Waals surface area contributed by atoms with Crippen molar-refractivity contribution < 1.29 is 22.7 Å². The monoisotopic (exact) mass is 329 g/mol. The molecule has 1 amide bonds. The molecule has 1 unspecified atom stereocenters. The smallest absolute Gasteiger partial charge is 0.416 e. The van der Waals surface area contributed by atoms with Crippen molar-refractivity contribution in [3.63, 3.8) is 0 Å². The zero-order valence-electron chi connectivity index (χ0n) is 12.9. The van der Waals surface area contributed by atoms with Crippen LogP contribution in [0.5, 0.6) is 0 Å². The van der Waals surface area contributed by atoms with Crippen LogP contribution in [0.4, 0.5) is 18.0 Å². The maximum absolute atomic E-state index is 12.9. The minimum atomic E-state index is -4.39. The van der Waals surface area contributed by atoms with Gasteiger partial charge in [-0.3, -0.25) is 10.3 Å². The number of alkyl halides is 3. The van der Waals surface area contributed by atoms with E-state index in [0.717, 1.165) is 18.6 Å². The molecule has 0 spiro atoms. The van der Waals surface area contributed by atoms with Crippen molar-refractivity contribution in [2.75, 3.05) is 20.2 Å². The van der Waals surface area contributed by atoms with Gasteiger partial charge in [-0.1, -0.05) is 19.1 Å². The molecule has 0 saturated carbocycles. The number of halogens is 3. The number of nitrogens with zero attached hydrogens (tertiary/aromatic N) is 2. The standard InChI is InChI=1S/C15H18F3N3O2/c1-3-7-21-12(9-19-13(21)20-14(22)23-2)10-5-4-6-11(8-10)15(16,17)18/h4-6,8,12H,3,7,9H2,1-2H3,(H,19,20,22). The highest BCUT2D eigenvalue weighted by molar-refractivity contribution is 5.95. The molecule has 0 aliphatic carbocycles. The Balaban J connectivity index is 2.24. The molecule has 0 radical (unpaired) electrons. The first-order valence-electron chi connectivity index (χ1n) is 7.20. The molecule has 0 aromatic heterocycles. The number of amides is 1. The summed E-state index contributed by atoms with van der Waals surface area (Å²) in [6.45, 7) is 2.78. The Morgan fingerprint density at radius 3 is 2.83 bits per heavy atom. The van der Waals surface area contributed by atoms with E-state index in [1.807, 2.05) is 6.92 Å². The third kappa shape index (κ3) is 3.94. The van der Waals surface area contributed by atoms with Crippen LogP contribution in [0.2, 0.25) is 0 Å². The minimum absolute atomic E-state index is 0.278. The quantitative estimate of drug-likeness (QED) is 0.927. The number of hydrogen-bond acceptors (Lipinski definition) is 4. The number of nitrogens with one attached hydrogen (secondary N) is 1. The van der Waals surface area contributed by atoms with Crippen molar-refractivity contribution in [3.05, 3.63) is 35.4 Å². The van der Waals surface area contributed by atoms with E-state index in [0.29, 0.717) is 18.1 Å². The fourth-order valence-electron chi connectivity index (χ4n) is 2.47. The predicted octanol–water partition coefficient (Wildman–Crippen LogP) is 3.18. The molecule has 1 aromatic rings. The molecule has 1 N–H and O–H groups in total. The van der Waals surface area contributed by atoms with E-state index in [1.165, 1.54) is 13.2 Å². The molecule has 0 fully saturated rings. The number of guanidine groups is 1. The second-order valence-electron chi connectivity index (χ2n) is 5.11. The van der Waals surface area contributed by atoms with Crippen molar-refractivity contribution in [2.45, 2.75) is 25.6 Å². The normalized spacial score (nSPS) is 17.9. The van der Waals surface area contributed by atoms with Gasteiger partial charge in [0.2, 0.25) is 5.96 Å². The van der Waals surface area contributed by atoms with Gasteiger partial charge in [0, 0.05) is 6.54 Å². The highest BCUT2D eigenvalue weighted by atomic mass is 19.4. The summed E-state index contributed by atoms with van der Waals surface area (Å²) >= 11 is 0. The lowest BCUT2D eigenvalue weighted by Gasteiger charge is -2.28. The second kappa shape index (κ2) is 6.89. The number of hydrogen-bond donors (Lipinski definition) is 1. The molecule has 8 heteroatoms. The molecule has 1 aromatic carbocycles. The fourth-order valence-corrected chi connectivity index (χ4v) is 2.47. The molecule has 5 nitrogen and oxygen atoms in total.